The first-order valence-corrected chi connectivity index (χ1v) is 11.2. The minimum atomic E-state index is -0.521. The van der Waals surface area contributed by atoms with Gasteiger partial charge in [0.05, 0.1) is 29.4 Å². The number of hydrogen-bond acceptors (Lipinski definition) is 8. The van der Waals surface area contributed by atoms with Crippen molar-refractivity contribution >= 4 is 51.6 Å². The van der Waals surface area contributed by atoms with Crippen LogP contribution in [-0.2, 0) is 9.47 Å². The Balaban J connectivity index is 1.40. The van der Waals surface area contributed by atoms with Crippen LogP contribution in [0.25, 0.3) is 11.2 Å². The number of benzene rings is 2. The summed E-state index contributed by atoms with van der Waals surface area (Å²) < 4.78 is 13.8. The highest BCUT2D eigenvalue weighted by Crippen LogP contribution is 2.48. The van der Waals surface area contributed by atoms with Gasteiger partial charge in [0.25, 0.3) is 0 Å². The Hall–Kier alpha value is -3.54. The van der Waals surface area contributed by atoms with E-state index in [0.717, 1.165) is 0 Å². The molecule has 2 aromatic heterocycles. The lowest BCUT2D eigenvalue weighted by Crippen LogP contribution is -2.12. The number of carbonyl (C=O) groups excluding carboxylic acids is 2. The van der Waals surface area contributed by atoms with Gasteiger partial charge in [-0.1, -0.05) is 36.4 Å². The van der Waals surface area contributed by atoms with E-state index >= 15 is 0 Å². The molecule has 2 N–H and O–H groups in total. The lowest BCUT2D eigenvalue weighted by Gasteiger charge is -2.05. The molecule has 3 atom stereocenters. The lowest BCUT2D eigenvalue weighted by molar-refractivity contribution is 0.0370. The molecule has 5 rings (SSSR count). The average molecular weight is 555 g/mol. The maximum absolute atomic E-state index is 12.7. The second kappa shape index (κ2) is 8.77. The summed E-state index contributed by atoms with van der Waals surface area (Å²) in [5, 5.41) is 0. The van der Waals surface area contributed by atoms with Crippen molar-refractivity contribution in [3.8, 4) is 0 Å². The second-order valence-electron chi connectivity index (χ2n) is 7.55. The second-order valence-corrected chi connectivity index (χ2v) is 8.57. The van der Waals surface area contributed by atoms with Gasteiger partial charge in [0.2, 0.25) is 5.95 Å². The fourth-order valence-electron chi connectivity index (χ4n) is 3.75. The minimum Gasteiger partial charge on any atom is -0.462 e. The Kier molecular flexibility index (Phi) is 5.67. The van der Waals surface area contributed by atoms with E-state index in [9.17, 15) is 9.59 Å². The van der Waals surface area contributed by atoms with Gasteiger partial charge < -0.3 is 19.8 Å². The predicted octanol–water partition coefficient (Wildman–Crippen LogP) is 3.27. The molecule has 0 amide bonds. The summed E-state index contributed by atoms with van der Waals surface area (Å²) in [6.07, 6.45) is 1.10. The molecule has 2 aromatic carbocycles. The summed E-state index contributed by atoms with van der Waals surface area (Å²) >= 11 is 2.05. The maximum atomic E-state index is 12.7. The van der Waals surface area contributed by atoms with E-state index in [1.807, 2.05) is 34.7 Å². The van der Waals surface area contributed by atoms with E-state index in [0.29, 0.717) is 26.0 Å². The zero-order valence-electron chi connectivity index (χ0n) is 17.2. The summed E-state index contributed by atoms with van der Waals surface area (Å²) in [5.74, 6) is -1.03. The SMILES string of the molecule is Nc1nc(I)c2ncn(C3C(COC(=O)c4ccccc4)C3OC(=O)c3ccccc3)c2n1. The van der Waals surface area contributed by atoms with Gasteiger partial charge in [-0.25, -0.2) is 19.6 Å². The number of anilines is 1. The van der Waals surface area contributed by atoms with Crippen LogP contribution in [0.3, 0.4) is 0 Å². The molecule has 9 nitrogen and oxygen atoms in total. The first kappa shape index (κ1) is 21.3. The lowest BCUT2D eigenvalue weighted by atomic mass is 10.2. The number of nitrogen functional groups attached to an aromatic ring is 1. The summed E-state index contributed by atoms with van der Waals surface area (Å²) in [4.78, 5) is 38.0. The fraction of sp³-hybridized carbons (Fsp3) is 0.174. The number of esters is 2. The van der Waals surface area contributed by atoms with Crippen LogP contribution in [-0.4, -0.2) is 44.2 Å². The molecule has 3 unspecified atom stereocenters. The van der Waals surface area contributed by atoms with Gasteiger partial charge in [-0.3, -0.25) is 0 Å². The number of aromatic nitrogens is 4. The highest BCUT2D eigenvalue weighted by atomic mass is 127. The minimum absolute atomic E-state index is 0.0719. The van der Waals surface area contributed by atoms with Crippen molar-refractivity contribution in [2.45, 2.75) is 12.1 Å². The van der Waals surface area contributed by atoms with Crippen molar-refractivity contribution in [1.82, 2.24) is 19.5 Å². The number of nitrogens with two attached hydrogens (primary N) is 1. The third-order valence-corrected chi connectivity index (χ3v) is 6.19. The molecule has 33 heavy (non-hydrogen) atoms. The summed E-state index contributed by atoms with van der Waals surface area (Å²) in [5.41, 5.74) is 7.88. The van der Waals surface area contributed by atoms with Gasteiger partial charge in [-0.05, 0) is 46.9 Å². The Morgan fingerprint density at radius 2 is 1.61 bits per heavy atom. The van der Waals surface area contributed by atoms with Crippen LogP contribution in [0.15, 0.2) is 67.0 Å². The van der Waals surface area contributed by atoms with E-state index in [1.165, 1.54) is 0 Å². The molecule has 1 saturated carbocycles. The standard InChI is InChI=1S/C23H18IN5O4/c24-19-16-20(28-23(25)27-19)29(12-26-16)17-15(11-32-21(30)13-7-3-1-4-8-13)18(17)33-22(31)14-9-5-2-6-10-14/h1-10,12,15,17-18H,11H2,(H2,25,27,28). The van der Waals surface area contributed by atoms with E-state index in [4.69, 9.17) is 15.2 Å². The van der Waals surface area contributed by atoms with Crippen molar-refractivity contribution < 1.29 is 19.1 Å². The van der Waals surface area contributed by atoms with Gasteiger partial charge >= 0.3 is 11.9 Å². The molecule has 0 aliphatic heterocycles. The Morgan fingerprint density at radius 3 is 2.27 bits per heavy atom. The number of fused-ring (bicyclic) bond motifs is 1. The highest BCUT2D eigenvalue weighted by Gasteiger charge is 2.56. The van der Waals surface area contributed by atoms with Crippen LogP contribution in [0.1, 0.15) is 26.8 Å². The third-order valence-electron chi connectivity index (χ3n) is 5.44. The van der Waals surface area contributed by atoms with Gasteiger partial charge in [0.15, 0.2) is 5.65 Å². The zero-order valence-corrected chi connectivity index (χ0v) is 19.3. The van der Waals surface area contributed by atoms with E-state index < -0.39 is 18.0 Å². The summed E-state index contributed by atoms with van der Waals surface area (Å²) in [7, 11) is 0. The average Bonchev–Trinajstić information content (AvgIpc) is 3.32. The van der Waals surface area contributed by atoms with Crippen molar-refractivity contribution in [3.05, 3.63) is 81.8 Å². The van der Waals surface area contributed by atoms with Crippen LogP contribution >= 0.6 is 22.6 Å². The molecule has 1 fully saturated rings. The Labute approximate surface area is 202 Å². The molecule has 0 bridgehead atoms. The number of halogens is 1. The molecule has 0 radical (unpaired) electrons. The zero-order chi connectivity index (χ0) is 22.9. The van der Waals surface area contributed by atoms with E-state index in [1.54, 1.807) is 59.4 Å². The van der Waals surface area contributed by atoms with Crippen molar-refractivity contribution in [3.63, 3.8) is 0 Å². The molecule has 1 aliphatic carbocycles. The first-order valence-electron chi connectivity index (χ1n) is 10.2. The number of ether oxygens (including phenoxy) is 2. The molecule has 1 aliphatic rings. The molecular formula is C23H18IN5O4. The Bertz CT molecular complexity index is 1330. The maximum Gasteiger partial charge on any atom is 0.338 e. The monoisotopic (exact) mass is 555 g/mol. The number of rotatable bonds is 6. The number of imidazole rings is 1. The van der Waals surface area contributed by atoms with Gasteiger partial charge in [0, 0.05) is 0 Å². The van der Waals surface area contributed by atoms with Crippen LogP contribution in [0.2, 0.25) is 0 Å². The summed E-state index contributed by atoms with van der Waals surface area (Å²) in [6.45, 7) is 0.0719. The number of nitrogens with zero attached hydrogens (tertiary/aromatic N) is 4. The topological polar surface area (TPSA) is 122 Å². The number of hydrogen-bond donors (Lipinski definition) is 1. The van der Waals surface area contributed by atoms with Crippen molar-refractivity contribution in [2.75, 3.05) is 12.3 Å². The molecule has 10 heteroatoms. The third kappa shape index (κ3) is 4.25. The molecule has 4 aromatic rings. The molecular weight excluding hydrogens is 537 g/mol. The Morgan fingerprint density at radius 1 is 0.970 bits per heavy atom. The number of carbonyl (C=O) groups is 2. The smallest absolute Gasteiger partial charge is 0.338 e. The van der Waals surface area contributed by atoms with Gasteiger partial charge in [0.1, 0.15) is 21.9 Å². The summed E-state index contributed by atoms with van der Waals surface area (Å²) in [6, 6.07) is 17.2. The largest absolute Gasteiger partial charge is 0.462 e. The quantitative estimate of drug-likeness (QED) is 0.219. The van der Waals surface area contributed by atoms with Gasteiger partial charge in [-0.15, -0.1) is 0 Å². The molecule has 0 saturated heterocycles. The normalized spacial score (nSPS) is 19.2. The molecule has 2 heterocycles. The van der Waals surface area contributed by atoms with Crippen LogP contribution in [0, 0.1) is 9.62 Å². The van der Waals surface area contributed by atoms with Crippen molar-refractivity contribution in [2.24, 2.45) is 5.92 Å². The first-order chi connectivity index (χ1) is 16.0. The molecule has 166 valence electrons. The predicted molar refractivity (Wildman–Crippen MR) is 127 cm³/mol. The fourth-order valence-corrected chi connectivity index (χ4v) is 4.38. The molecule has 0 spiro atoms. The van der Waals surface area contributed by atoms with Gasteiger partial charge in [-0.2, -0.15) is 4.98 Å². The van der Waals surface area contributed by atoms with E-state index in [2.05, 4.69) is 15.0 Å². The van der Waals surface area contributed by atoms with Crippen LogP contribution in [0.5, 0.6) is 0 Å². The van der Waals surface area contributed by atoms with Crippen LogP contribution in [0.4, 0.5) is 5.95 Å². The van der Waals surface area contributed by atoms with Crippen molar-refractivity contribution in [1.29, 1.82) is 0 Å². The van der Waals surface area contributed by atoms with Crippen LogP contribution < -0.4 is 5.73 Å². The van der Waals surface area contributed by atoms with E-state index in [-0.39, 0.29) is 24.5 Å². The highest BCUT2D eigenvalue weighted by molar-refractivity contribution is 14.1.